The number of rotatable bonds is 3. The summed E-state index contributed by atoms with van der Waals surface area (Å²) in [5.41, 5.74) is 0. The molecule has 2 heterocycles. The molecule has 84 valence electrons. The first-order valence-electron chi connectivity index (χ1n) is 5.67. The molecule has 1 aliphatic rings. The van der Waals surface area contributed by atoms with Gasteiger partial charge in [-0.3, -0.25) is 0 Å². The lowest BCUT2D eigenvalue weighted by molar-refractivity contribution is 0.435. The van der Waals surface area contributed by atoms with Gasteiger partial charge in [0.05, 0.1) is 0 Å². The second-order valence-electron chi connectivity index (χ2n) is 4.10. The van der Waals surface area contributed by atoms with Crippen LogP contribution in [0.15, 0.2) is 12.4 Å². The first-order valence-corrected chi connectivity index (χ1v) is 6.20. The third-order valence-corrected chi connectivity index (χ3v) is 3.59. The molecule has 1 aliphatic heterocycles. The molecule has 0 amide bonds. The summed E-state index contributed by atoms with van der Waals surface area (Å²) in [7, 11) is 0. The smallest absolute Gasteiger partial charge is 0.205 e. The van der Waals surface area contributed by atoms with Gasteiger partial charge in [0.15, 0.2) is 0 Å². The number of nitrogens with zero attached hydrogens (tertiary/aromatic N) is 3. The van der Waals surface area contributed by atoms with E-state index in [-0.39, 0.29) is 0 Å². The predicted molar refractivity (Wildman–Crippen MR) is 63.6 cm³/mol. The standard InChI is InChI=1S/C11H18ClN3/c1-2-14-8-5-13-11(14)15-6-3-10(9-12)4-7-15/h5,8,10H,2-4,6-7,9H2,1H3. The van der Waals surface area contributed by atoms with Crippen molar-refractivity contribution in [2.45, 2.75) is 26.3 Å². The highest BCUT2D eigenvalue weighted by Crippen LogP contribution is 2.22. The minimum atomic E-state index is 0.702. The van der Waals surface area contributed by atoms with Gasteiger partial charge < -0.3 is 9.47 Å². The van der Waals surface area contributed by atoms with Crippen LogP contribution < -0.4 is 4.90 Å². The van der Waals surface area contributed by atoms with Crippen LogP contribution in [0, 0.1) is 5.92 Å². The van der Waals surface area contributed by atoms with Crippen molar-refractivity contribution in [2.24, 2.45) is 5.92 Å². The first kappa shape index (κ1) is 10.8. The fourth-order valence-electron chi connectivity index (χ4n) is 2.12. The lowest BCUT2D eigenvalue weighted by atomic mass is 9.99. The van der Waals surface area contributed by atoms with Crippen LogP contribution in [0.2, 0.25) is 0 Å². The Morgan fingerprint density at radius 1 is 1.47 bits per heavy atom. The highest BCUT2D eigenvalue weighted by atomic mass is 35.5. The van der Waals surface area contributed by atoms with Crippen LogP contribution in [-0.4, -0.2) is 28.5 Å². The molecule has 0 saturated carbocycles. The summed E-state index contributed by atoms with van der Waals surface area (Å²) < 4.78 is 2.20. The van der Waals surface area contributed by atoms with Crippen molar-refractivity contribution in [3.63, 3.8) is 0 Å². The zero-order chi connectivity index (χ0) is 10.7. The van der Waals surface area contributed by atoms with Gasteiger partial charge in [0.25, 0.3) is 0 Å². The van der Waals surface area contributed by atoms with Gasteiger partial charge in [0.2, 0.25) is 5.95 Å². The fourth-order valence-corrected chi connectivity index (χ4v) is 2.43. The Morgan fingerprint density at radius 3 is 2.80 bits per heavy atom. The van der Waals surface area contributed by atoms with Crippen LogP contribution in [0.1, 0.15) is 19.8 Å². The molecule has 0 spiro atoms. The monoisotopic (exact) mass is 227 g/mol. The van der Waals surface area contributed by atoms with Crippen molar-refractivity contribution >= 4 is 17.5 Å². The lowest BCUT2D eigenvalue weighted by Gasteiger charge is -2.32. The van der Waals surface area contributed by atoms with E-state index in [0.717, 1.165) is 31.5 Å². The van der Waals surface area contributed by atoms with E-state index in [1.807, 2.05) is 12.4 Å². The van der Waals surface area contributed by atoms with Crippen LogP contribution in [0.3, 0.4) is 0 Å². The van der Waals surface area contributed by atoms with Crippen molar-refractivity contribution in [1.29, 1.82) is 0 Å². The molecule has 0 radical (unpaired) electrons. The first-order chi connectivity index (χ1) is 7.35. The maximum Gasteiger partial charge on any atom is 0.205 e. The van der Waals surface area contributed by atoms with Gasteiger partial charge >= 0.3 is 0 Å². The molecule has 3 nitrogen and oxygen atoms in total. The highest BCUT2D eigenvalue weighted by Gasteiger charge is 2.20. The molecule has 1 aromatic heterocycles. The van der Waals surface area contributed by atoms with Gasteiger partial charge in [0, 0.05) is 37.9 Å². The Labute approximate surface area is 96.0 Å². The topological polar surface area (TPSA) is 21.1 Å². The van der Waals surface area contributed by atoms with E-state index in [1.165, 1.54) is 12.8 Å². The normalized spacial score (nSPS) is 18.4. The summed E-state index contributed by atoms with van der Waals surface area (Å²) in [6.07, 6.45) is 6.32. The average Bonchev–Trinajstić information content (AvgIpc) is 2.77. The summed E-state index contributed by atoms with van der Waals surface area (Å²) in [6.45, 7) is 5.32. The van der Waals surface area contributed by atoms with E-state index < -0.39 is 0 Å². The fraction of sp³-hybridized carbons (Fsp3) is 0.727. The molecule has 1 saturated heterocycles. The van der Waals surface area contributed by atoms with Gasteiger partial charge in [0.1, 0.15) is 0 Å². The molecular weight excluding hydrogens is 210 g/mol. The van der Waals surface area contributed by atoms with Crippen molar-refractivity contribution in [2.75, 3.05) is 23.9 Å². The molecule has 1 fully saturated rings. The van der Waals surface area contributed by atoms with Gasteiger partial charge in [-0.05, 0) is 25.7 Å². The Bertz CT molecular complexity index is 303. The molecule has 4 heteroatoms. The third-order valence-electron chi connectivity index (χ3n) is 3.15. The van der Waals surface area contributed by atoms with Crippen LogP contribution in [0.25, 0.3) is 0 Å². The number of hydrogen-bond donors (Lipinski definition) is 0. The van der Waals surface area contributed by atoms with E-state index in [4.69, 9.17) is 11.6 Å². The lowest BCUT2D eigenvalue weighted by Crippen LogP contribution is -2.35. The highest BCUT2D eigenvalue weighted by molar-refractivity contribution is 6.18. The molecule has 0 unspecified atom stereocenters. The molecule has 2 rings (SSSR count). The van der Waals surface area contributed by atoms with Crippen molar-refractivity contribution in [1.82, 2.24) is 9.55 Å². The molecule has 0 bridgehead atoms. The van der Waals surface area contributed by atoms with Crippen LogP contribution in [0.5, 0.6) is 0 Å². The maximum absolute atomic E-state index is 5.87. The Hall–Kier alpha value is -0.700. The zero-order valence-electron chi connectivity index (χ0n) is 9.19. The molecule has 0 aliphatic carbocycles. The van der Waals surface area contributed by atoms with Gasteiger partial charge in [-0.25, -0.2) is 4.98 Å². The minimum absolute atomic E-state index is 0.702. The van der Waals surface area contributed by atoms with E-state index in [2.05, 4.69) is 21.4 Å². The van der Waals surface area contributed by atoms with Gasteiger partial charge in [-0.15, -0.1) is 11.6 Å². The van der Waals surface area contributed by atoms with Crippen LogP contribution in [0.4, 0.5) is 5.95 Å². The number of aromatic nitrogens is 2. The number of hydrogen-bond acceptors (Lipinski definition) is 2. The number of alkyl halides is 1. The number of piperidine rings is 1. The quantitative estimate of drug-likeness (QED) is 0.740. The Kier molecular flexibility index (Phi) is 3.52. The molecule has 0 atom stereocenters. The third kappa shape index (κ3) is 2.28. The Morgan fingerprint density at radius 2 is 2.20 bits per heavy atom. The summed E-state index contributed by atoms with van der Waals surface area (Å²) in [6, 6.07) is 0. The molecule has 0 aromatic carbocycles. The SMILES string of the molecule is CCn1ccnc1N1CCC(CCl)CC1. The second kappa shape index (κ2) is 4.88. The van der Waals surface area contributed by atoms with E-state index >= 15 is 0 Å². The van der Waals surface area contributed by atoms with Gasteiger partial charge in [-0.1, -0.05) is 0 Å². The zero-order valence-corrected chi connectivity index (χ0v) is 9.95. The summed E-state index contributed by atoms with van der Waals surface area (Å²) in [4.78, 5) is 6.79. The average molecular weight is 228 g/mol. The van der Waals surface area contributed by atoms with Crippen molar-refractivity contribution < 1.29 is 0 Å². The van der Waals surface area contributed by atoms with Crippen LogP contribution in [-0.2, 0) is 6.54 Å². The second-order valence-corrected chi connectivity index (χ2v) is 4.41. The maximum atomic E-state index is 5.87. The van der Waals surface area contributed by atoms with E-state index in [9.17, 15) is 0 Å². The summed E-state index contributed by atoms with van der Waals surface area (Å²) in [5, 5.41) is 0. The number of aryl methyl sites for hydroxylation is 1. The van der Waals surface area contributed by atoms with Crippen molar-refractivity contribution in [3.05, 3.63) is 12.4 Å². The van der Waals surface area contributed by atoms with E-state index in [0.29, 0.717) is 5.92 Å². The van der Waals surface area contributed by atoms with Crippen LogP contribution >= 0.6 is 11.6 Å². The van der Waals surface area contributed by atoms with E-state index in [1.54, 1.807) is 0 Å². The number of anilines is 1. The Balaban J connectivity index is 2.01. The molecule has 15 heavy (non-hydrogen) atoms. The van der Waals surface area contributed by atoms with Gasteiger partial charge in [-0.2, -0.15) is 0 Å². The molecular formula is C11H18ClN3. The molecule has 1 aromatic rings. The minimum Gasteiger partial charge on any atom is -0.342 e. The van der Waals surface area contributed by atoms with Crippen molar-refractivity contribution in [3.8, 4) is 0 Å². The number of halogens is 1. The summed E-state index contributed by atoms with van der Waals surface area (Å²) >= 11 is 5.87. The predicted octanol–water partition coefficient (Wildman–Crippen LogP) is 2.36. The summed E-state index contributed by atoms with van der Waals surface area (Å²) in [5.74, 6) is 2.62. The number of imidazole rings is 1. The molecule has 0 N–H and O–H groups in total. The largest absolute Gasteiger partial charge is 0.342 e.